The SMILES string of the molecule is [S-]c1sc2cccc[n+]2c1-c1ccc(Br)cc1. The molecule has 0 aliphatic carbocycles. The number of pyridine rings is 1. The van der Waals surface area contributed by atoms with Crippen molar-refractivity contribution in [1.82, 2.24) is 0 Å². The Balaban J connectivity index is 2.29. The van der Waals surface area contributed by atoms with Gasteiger partial charge in [-0.2, -0.15) is 4.40 Å². The van der Waals surface area contributed by atoms with Gasteiger partial charge in [0.2, 0.25) is 5.69 Å². The maximum Gasteiger partial charge on any atom is 0.206 e. The standard InChI is InChI=1S/C13H8BrNS2/c14-10-6-4-9(5-7-10)12-13(16)17-11-3-1-2-8-15(11)12/h1-8H. The Morgan fingerprint density at radius 2 is 1.82 bits per heavy atom. The minimum absolute atomic E-state index is 0.929. The van der Waals surface area contributed by atoms with Crippen molar-refractivity contribution in [2.45, 2.75) is 4.21 Å². The molecule has 0 unspecified atom stereocenters. The van der Waals surface area contributed by atoms with Crippen LogP contribution < -0.4 is 4.40 Å². The molecule has 3 rings (SSSR count). The molecule has 2 heterocycles. The van der Waals surface area contributed by atoms with Gasteiger partial charge in [-0.15, -0.1) is 0 Å². The van der Waals surface area contributed by atoms with E-state index >= 15 is 0 Å². The van der Waals surface area contributed by atoms with Crippen LogP contribution in [-0.2, 0) is 12.6 Å². The third kappa shape index (κ3) is 1.97. The number of benzene rings is 1. The van der Waals surface area contributed by atoms with E-state index in [0.717, 1.165) is 19.9 Å². The van der Waals surface area contributed by atoms with E-state index in [1.807, 2.05) is 24.3 Å². The summed E-state index contributed by atoms with van der Waals surface area (Å²) in [6, 6.07) is 14.4. The van der Waals surface area contributed by atoms with Crippen LogP contribution in [0.5, 0.6) is 0 Å². The van der Waals surface area contributed by atoms with Gasteiger partial charge in [-0.1, -0.05) is 22.0 Å². The molecular formula is C13H8BrNS2. The fourth-order valence-electron chi connectivity index (χ4n) is 1.80. The van der Waals surface area contributed by atoms with Crippen molar-refractivity contribution in [3.05, 3.63) is 53.1 Å². The smallest absolute Gasteiger partial charge is 0.206 e. The molecule has 2 aromatic heterocycles. The first-order chi connectivity index (χ1) is 8.25. The van der Waals surface area contributed by atoms with Gasteiger partial charge in [0.05, 0.1) is 0 Å². The second-order valence-corrected chi connectivity index (χ2v) is 6.27. The fraction of sp³-hybridized carbons (Fsp3) is 0. The summed E-state index contributed by atoms with van der Waals surface area (Å²) in [5.74, 6) is 0. The molecule has 17 heavy (non-hydrogen) atoms. The molecule has 0 bridgehead atoms. The molecule has 0 aliphatic rings. The van der Waals surface area contributed by atoms with E-state index in [1.54, 1.807) is 11.3 Å². The molecule has 0 radical (unpaired) electrons. The fourth-order valence-corrected chi connectivity index (χ4v) is 3.44. The van der Waals surface area contributed by atoms with Crippen LogP contribution in [0.15, 0.2) is 57.3 Å². The van der Waals surface area contributed by atoms with E-state index in [9.17, 15) is 0 Å². The van der Waals surface area contributed by atoms with Gasteiger partial charge in [-0.25, -0.2) is 0 Å². The highest BCUT2D eigenvalue weighted by Crippen LogP contribution is 2.27. The molecule has 1 nitrogen and oxygen atoms in total. The number of hydrogen-bond donors (Lipinski definition) is 0. The Labute approximate surface area is 117 Å². The summed E-state index contributed by atoms with van der Waals surface area (Å²) in [7, 11) is 0. The number of hydrogen-bond acceptors (Lipinski definition) is 2. The van der Waals surface area contributed by atoms with Crippen molar-refractivity contribution in [3.63, 3.8) is 0 Å². The van der Waals surface area contributed by atoms with Crippen LogP contribution in [0.25, 0.3) is 16.1 Å². The second kappa shape index (κ2) is 4.37. The highest BCUT2D eigenvalue weighted by Gasteiger charge is 2.13. The molecule has 0 saturated heterocycles. The third-order valence-corrected chi connectivity index (χ3v) is 4.46. The van der Waals surface area contributed by atoms with Gasteiger partial charge in [0.25, 0.3) is 0 Å². The maximum absolute atomic E-state index is 5.45. The number of thiazole rings is 1. The Bertz CT molecular complexity index is 673. The lowest BCUT2D eigenvalue weighted by atomic mass is 10.2. The number of fused-ring (bicyclic) bond motifs is 1. The summed E-state index contributed by atoms with van der Waals surface area (Å²) in [6.07, 6.45) is 2.05. The Hall–Kier alpha value is -0.970. The maximum atomic E-state index is 5.45. The quantitative estimate of drug-likeness (QED) is 0.487. The summed E-state index contributed by atoms with van der Waals surface area (Å²) < 4.78 is 4.16. The van der Waals surface area contributed by atoms with Crippen molar-refractivity contribution in [2.24, 2.45) is 0 Å². The van der Waals surface area contributed by atoms with Crippen molar-refractivity contribution < 1.29 is 4.40 Å². The number of nitrogens with zero attached hydrogens (tertiary/aromatic N) is 1. The normalized spacial score (nSPS) is 10.9. The van der Waals surface area contributed by atoms with Gasteiger partial charge in [-0.05, 0) is 28.5 Å². The van der Waals surface area contributed by atoms with Gasteiger partial charge in [-0.3, -0.25) is 11.3 Å². The zero-order chi connectivity index (χ0) is 11.8. The highest BCUT2D eigenvalue weighted by atomic mass is 79.9. The molecular weight excluding hydrogens is 314 g/mol. The predicted molar refractivity (Wildman–Crippen MR) is 76.2 cm³/mol. The van der Waals surface area contributed by atoms with E-state index in [2.05, 4.69) is 44.7 Å². The van der Waals surface area contributed by atoms with Crippen LogP contribution in [0.1, 0.15) is 0 Å². The minimum atomic E-state index is 0.929. The van der Waals surface area contributed by atoms with Crippen LogP contribution in [0.2, 0.25) is 0 Å². The van der Waals surface area contributed by atoms with Crippen LogP contribution in [0.4, 0.5) is 0 Å². The Morgan fingerprint density at radius 1 is 1.06 bits per heavy atom. The minimum Gasteiger partial charge on any atom is -0.421 e. The average Bonchev–Trinajstić information content (AvgIpc) is 2.66. The predicted octanol–water partition coefficient (Wildman–Crippen LogP) is 3.82. The van der Waals surface area contributed by atoms with E-state index in [-0.39, 0.29) is 0 Å². The molecule has 3 aromatic rings. The molecule has 4 heteroatoms. The lowest BCUT2D eigenvalue weighted by Crippen LogP contribution is -2.20. The van der Waals surface area contributed by atoms with Gasteiger partial charge < -0.3 is 12.6 Å². The molecule has 0 amide bonds. The van der Waals surface area contributed by atoms with Crippen molar-refractivity contribution in [2.75, 3.05) is 0 Å². The van der Waals surface area contributed by atoms with Crippen molar-refractivity contribution in [1.29, 1.82) is 0 Å². The molecule has 0 saturated carbocycles. The van der Waals surface area contributed by atoms with E-state index < -0.39 is 0 Å². The van der Waals surface area contributed by atoms with Crippen LogP contribution >= 0.6 is 27.3 Å². The number of rotatable bonds is 1. The number of halogens is 1. The van der Waals surface area contributed by atoms with Crippen molar-refractivity contribution >= 4 is 44.7 Å². The Morgan fingerprint density at radius 3 is 2.59 bits per heavy atom. The van der Waals surface area contributed by atoms with Gasteiger partial charge in [0, 0.05) is 22.2 Å². The van der Waals surface area contributed by atoms with Crippen LogP contribution in [-0.4, -0.2) is 0 Å². The summed E-state index contributed by atoms with van der Waals surface area (Å²) in [6.45, 7) is 0. The lowest BCUT2D eigenvalue weighted by molar-refractivity contribution is -0.496. The zero-order valence-corrected chi connectivity index (χ0v) is 12.0. The summed E-state index contributed by atoms with van der Waals surface area (Å²) in [5, 5.41) is 0. The van der Waals surface area contributed by atoms with Gasteiger partial charge in [0.1, 0.15) is 0 Å². The van der Waals surface area contributed by atoms with Crippen LogP contribution in [0, 0.1) is 0 Å². The van der Waals surface area contributed by atoms with Gasteiger partial charge >= 0.3 is 0 Å². The molecule has 0 aliphatic heterocycles. The highest BCUT2D eigenvalue weighted by molar-refractivity contribution is 9.10. The molecule has 0 N–H and O–H groups in total. The van der Waals surface area contributed by atoms with Crippen LogP contribution in [0.3, 0.4) is 0 Å². The van der Waals surface area contributed by atoms with E-state index in [4.69, 9.17) is 12.6 Å². The molecule has 0 spiro atoms. The Kier molecular flexibility index (Phi) is 2.86. The molecule has 84 valence electrons. The molecule has 1 aromatic carbocycles. The molecule has 0 fully saturated rings. The first-order valence-corrected chi connectivity index (χ1v) is 7.13. The summed E-state index contributed by atoms with van der Waals surface area (Å²) >= 11 is 10.5. The summed E-state index contributed by atoms with van der Waals surface area (Å²) in [5.41, 5.74) is 2.26. The number of aromatic nitrogens is 1. The third-order valence-electron chi connectivity index (χ3n) is 2.57. The van der Waals surface area contributed by atoms with Gasteiger partial charge in [0.15, 0.2) is 11.0 Å². The summed E-state index contributed by atoms with van der Waals surface area (Å²) in [4.78, 5) is 1.18. The zero-order valence-electron chi connectivity index (χ0n) is 8.76. The largest absolute Gasteiger partial charge is 0.421 e. The first-order valence-electron chi connectivity index (χ1n) is 5.12. The lowest BCUT2D eigenvalue weighted by Gasteiger charge is -1.99. The second-order valence-electron chi connectivity index (χ2n) is 3.65. The topological polar surface area (TPSA) is 4.10 Å². The van der Waals surface area contributed by atoms with Crippen molar-refractivity contribution in [3.8, 4) is 11.3 Å². The first kappa shape index (κ1) is 11.1. The molecule has 0 atom stereocenters. The monoisotopic (exact) mass is 321 g/mol. The van der Waals surface area contributed by atoms with E-state index in [1.165, 1.54) is 4.83 Å². The average molecular weight is 322 g/mol. The van der Waals surface area contributed by atoms with E-state index in [0.29, 0.717) is 0 Å².